The topological polar surface area (TPSA) is 93.6 Å². The summed E-state index contributed by atoms with van der Waals surface area (Å²) in [5, 5.41) is 13.2. The number of rotatable bonds is 6. The fourth-order valence-corrected chi connectivity index (χ4v) is 3.30. The quantitative estimate of drug-likeness (QED) is 0.373. The second-order valence-electron chi connectivity index (χ2n) is 5.12. The van der Waals surface area contributed by atoms with E-state index in [0.29, 0.717) is 42.7 Å². The van der Waals surface area contributed by atoms with Gasteiger partial charge in [0.25, 0.3) is 0 Å². The molecule has 2 rings (SSSR count). The summed E-state index contributed by atoms with van der Waals surface area (Å²) in [6.45, 7) is 0. The molecule has 0 saturated heterocycles. The predicted molar refractivity (Wildman–Crippen MR) is 116 cm³/mol. The van der Waals surface area contributed by atoms with Gasteiger partial charge in [-0.1, -0.05) is 46.4 Å². The number of hydrogen-bond donors (Lipinski definition) is 2. The first-order chi connectivity index (χ1) is 13.3. The van der Waals surface area contributed by atoms with Gasteiger partial charge >= 0.3 is 0 Å². The Balaban J connectivity index is 2.10. The van der Waals surface area contributed by atoms with Crippen LogP contribution in [0.5, 0.6) is 11.5 Å². The highest BCUT2D eigenvalue weighted by Gasteiger charge is 2.09. The van der Waals surface area contributed by atoms with Gasteiger partial charge in [0.15, 0.2) is 0 Å². The van der Waals surface area contributed by atoms with Crippen molar-refractivity contribution in [2.75, 3.05) is 14.2 Å². The summed E-state index contributed by atoms with van der Waals surface area (Å²) in [6, 6.07) is 6.39. The first-order valence-corrected chi connectivity index (χ1v) is 9.08. The van der Waals surface area contributed by atoms with Crippen molar-refractivity contribution in [3.63, 3.8) is 0 Å². The van der Waals surface area contributed by atoms with Crippen LogP contribution >= 0.6 is 46.4 Å². The van der Waals surface area contributed by atoms with Crippen LogP contribution in [0.2, 0.25) is 20.1 Å². The van der Waals surface area contributed by atoms with Gasteiger partial charge in [-0.05, 0) is 24.3 Å². The lowest BCUT2D eigenvalue weighted by atomic mass is 10.2. The average Bonchev–Trinajstić information content (AvgIpc) is 2.61. The fraction of sp³-hybridized carbons (Fsp3) is 0.118. The summed E-state index contributed by atoms with van der Waals surface area (Å²) >= 11 is 24.1. The number of methoxy groups -OCH3 is 2. The summed E-state index contributed by atoms with van der Waals surface area (Å²) < 4.78 is 10.4. The molecule has 7 nitrogen and oxygen atoms in total. The van der Waals surface area contributed by atoms with Crippen LogP contribution in [0.1, 0.15) is 11.1 Å². The maximum Gasteiger partial charge on any atom is 0.234 e. The molecule has 0 aliphatic heterocycles. The van der Waals surface area contributed by atoms with Gasteiger partial charge in [0.1, 0.15) is 11.5 Å². The number of guanidine groups is 1. The van der Waals surface area contributed by atoms with Crippen LogP contribution in [-0.4, -0.2) is 32.6 Å². The molecule has 0 amide bonds. The Morgan fingerprint density at radius 1 is 0.893 bits per heavy atom. The lowest BCUT2D eigenvalue weighted by Gasteiger charge is -2.07. The molecule has 2 aromatic carbocycles. The Morgan fingerprint density at radius 3 is 1.89 bits per heavy atom. The molecule has 148 valence electrons. The lowest BCUT2D eigenvalue weighted by molar-refractivity contribution is 0.414. The zero-order valence-corrected chi connectivity index (χ0v) is 17.7. The van der Waals surface area contributed by atoms with Gasteiger partial charge in [0, 0.05) is 21.2 Å². The van der Waals surface area contributed by atoms with Crippen LogP contribution in [-0.2, 0) is 0 Å². The highest BCUT2D eigenvalue weighted by atomic mass is 35.5. The molecule has 0 bridgehead atoms. The summed E-state index contributed by atoms with van der Waals surface area (Å²) in [5.41, 5.74) is 9.32. The molecule has 0 aliphatic rings. The van der Waals surface area contributed by atoms with Crippen LogP contribution in [0, 0.1) is 0 Å². The van der Waals surface area contributed by atoms with Gasteiger partial charge in [0.2, 0.25) is 5.96 Å². The van der Waals surface area contributed by atoms with Gasteiger partial charge in [0.05, 0.1) is 36.7 Å². The van der Waals surface area contributed by atoms with Crippen LogP contribution < -0.4 is 20.6 Å². The van der Waals surface area contributed by atoms with Gasteiger partial charge in [-0.3, -0.25) is 0 Å². The molecule has 0 spiro atoms. The standard InChI is InChI=1S/C17H15Cl4N5O2/c1-27-15-9(3-11(18)5-13(15)20)7-23-25-17(22)26-24-8-10-4-12(19)6-14(21)16(10)28-2/h3-8H,1-2H3,(H3,22,25,26). The molecule has 0 unspecified atom stereocenters. The fourth-order valence-electron chi connectivity index (χ4n) is 2.13. The van der Waals surface area contributed by atoms with E-state index in [1.807, 2.05) is 0 Å². The highest BCUT2D eigenvalue weighted by molar-refractivity contribution is 6.36. The van der Waals surface area contributed by atoms with E-state index in [1.165, 1.54) is 26.6 Å². The van der Waals surface area contributed by atoms with E-state index < -0.39 is 0 Å². The van der Waals surface area contributed by atoms with E-state index in [2.05, 4.69) is 20.7 Å². The van der Waals surface area contributed by atoms with Crippen molar-refractivity contribution in [3.05, 3.63) is 55.5 Å². The Morgan fingerprint density at radius 2 is 1.39 bits per heavy atom. The summed E-state index contributed by atoms with van der Waals surface area (Å²) in [7, 11) is 2.97. The first-order valence-electron chi connectivity index (χ1n) is 7.57. The largest absolute Gasteiger partial charge is 0.495 e. The van der Waals surface area contributed by atoms with Crippen LogP contribution in [0.3, 0.4) is 0 Å². The first kappa shape index (κ1) is 22.1. The number of benzene rings is 2. The molecule has 0 radical (unpaired) electrons. The highest BCUT2D eigenvalue weighted by Crippen LogP contribution is 2.32. The molecular weight excluding hydrogens is 448 g/mol. The van der Waals surface area contributed by atoms with E-state index in [4.69, 9.17) is 61.6 Å². The van der Waals surface area contributed by atoms with Crippen LogP contribution in [0.15, 0.2) is 39.6 Å². The van der Waals surface area contributed by atoms with Crippen molar-refractivity contribution >= 4 is 64.8 Å². The third-order valence-electron chi connectivity index (χ3n) is 3.23. The number of ether oxygens (including phenoxy) is 2. The van der Waals surface area contributed by atoms with E-state index in [0.717, 1.165) is 0 Å². The van der Waals surface area contributed by atoms with Crippen molar-refractivity contribution in [3.8, 4) is 11.5 Å². The van der Waals surface area contributed by atoms with Crippen molar-refractivity contribution in [1.29, 1.82) is 0 Å². The molecule has 0 aliphatic carbocycles. The minimum absolute atomic E-state index is 0.0633. The monoisotopic (exact) mass is 461 g/mol. The minimum atomic E-state index is -0.0633. The Labute approximate surface area is 181 Å². The number of nitrogens with zero attached hydrogens (tertiary/aromatic N) is 3. The van der Waals surface area contributed by atoms with Crippen molar-refractivity contribution in [1.82, 2.24) is 5.43 Å². The molecule has 0 fully saturated rings. The van der Waals surface area contributed by atoms with Crippen LogP contribution in [0.4, 0.5) is 0 Å². The predicted octanol–water partition coefficient (Wildman–Crippen LogP) is 4.59. The molecule has 3 N–H and O–H groups in total. The molecule has 0 aromatic heterocycles. The molecule has 0 saturated carbocycles. The third-order valence-corrected chi connectivity index (χ3v) is 4.23. The van der Waals surface area contributed by atoms with Crippen LogP contribution in [0.25, 0.3) is 0 Å². The molecule has 2 aromatic rings. The summed E-state index contributed by atoms with van der Waals surface area (Å²) in [6.07, 6.45) is 2.83. The van der Waals surface area contributed by atoms with Crippen molar-refractivity contribution in [2.45, 2.75) is 0 Å². The summed E-state index contributed by atoms with van der Waals surface area (Å²) in [5.74, 6) is 0.779. The number of hydrazone groups is 1. The van der Waals surface area contributed by atoms with E-state index in [9.17, 15) is 0 Å². The van der Waals surface area contributed by atoms with E-state index in [-0.39, 0.29) is 5.96 Å². The zero-order chi connectivity index (χ0) is 20.7. The molecule has 28 heavy (non-hydrogen) atoms. The Kier molecular flexibility index (Phi) is 8.19. The summed E-state index contributed by atoms with van der Waals surface area (Å²) in [4.78, 5) is 0. The minimum Gasteiger partial charge on any atom is -0.495 e. The van der Waals surface area contributed by atoms with E-state index in [1.54, 1.807) is 24.3 Å². The maximum atomic E-state index is 6.06. The Hall–Kier alpha value is -2.19. The van der Waals surface area contributed by atoms with Crippen molar-refractivity contribution < 1.29 is 9.47 Å². The maximum absolute atomic E-state index is 6.06. The number of nitrogens with two attached hydrogens (primary N) is 1. The zero-order valence-electron chi connectivity index (χ0n) is 14.7. The number of halogens is 4. The number of nitrogens with one attached hydrogen (secondary N) is 1. The van der Waals surface area contributed by atoms with Gasteiger partial charge in [-0.15, -0.1) is 5.10 Å². The average molecular weight is 463 g/mol. The molecular formula is C17H15Cl4N5O2. The molecule has 11 heteroatoms. The van der Waals surface area contributed by atoms with E-state index >= 15 is 0 Å². The van der Waals surface area contributed by atoms with Gasteiger partial charge in [-0.25, -0.2) is 5.43 Å². The normalized spacial score (nSPS) is 12.0. The number of hydrogen-bond acceptors (Lipinski definition) is 5. The SMILES string of the molecule is COc1c(Cl)cc(Cl)cc1C=NN=C(N)NN=Cc1cc(Cl)cc(Cl)c1OC. The third kappa shape index (κ3) is 5.90. The Bertz CT molecular complexity index is 948. The molecule has 0 heterocycles. The van der Waals surface area contributed by atoms with Gasteiger partial charge in [-0.2, -0.15) is 10.2 Å². The van der Waals surface area contributed by atoms with Crippen molar-refractivity contribution in [2.24, 2.45) is 21.0 Å². The lowest BCUT2D eigenvalue weighted by Crippen LogP contribution is -2.26. The second-order valence-corrected chi connectivity index (χ2v) is 6.81. The molecule has 0 atom stereocenters. The second kappa shape index (κ2) is 10.4. The smallest absolute Gasteiger partial charge is 0.234 e. The van der Waals surface area contributed by atoms with Gasteiger partial charge < -0.3 is 15.2 Å².